The van der Waals surface area contributed by atoms with Crippen molar-refractivity contribution < 1.29 is 31.0 Å². The number of ether oxygens (including phenoxy) is 3. The average molecular weight is 1030 g/mol. The number of rotatable bonds is 7. The molecule has 2 fully saturated rings. The molecule has 0 radical (unpaired) electrons. The van der Waals surface area contributed by atoms with E-state index in [9.17, 15) is 16.8 Å². The third-order valence-corrected chi connectivity index (χ3v) is 16.4. The lowest BCUT2D eigenvalue weighted by atomic mass is 10.1. The minimum atomic E-state index is -3.69. The highest BCUT2D eigenvalue weighted by Crippen LogP contribution is 2.39. The largest absolute Gasteiger partial charge is 0.493 e. The first-order valence-electron chi connectivity index (χ1n) is 22.4. The van der Waals surface area contributed by atoms with Crippen molar-refractivity contribution in [2.45, 2.75) is 54.0 Å². The Morgan fingerprint density at radius 1 is 0.594 bits per heavy atom. The van der Waals surface area contributed by atoms with E-state index in [2.05, 4.69) is 24.4 Å². The van der Waals surface area contributed by atoms with E-state index in [0.29, 0.717) is 60.0 Å². The maximum atomic E-state index is 13.4. The van der Waals surface area contributed by atoms with Gasteiger partial charge >= 0.3 is 0 Å². The van der Waals surface area contributed by atoms with Gasteiger partial charge in [-0.25, -0.2) is 36.8 Å². The van der Waals surface area contributed by atoms with Gasteiger partial charge in [-0.3, -0.25) is 0 Å². The molecule has 0 amide bonds. The number of piperidine rings is 2. The summed E-state index contributed by atoms with van der Waals surface area (Å²) >= 11 is 12.9. The number of benzene rings is 4. The van der Waals surface area contributed by atoms with Crippen molar-refractivity contribution in [2.24, 2.45) is 0 Å². The topological polar surface area (TPSA) is 173 Å². The zero-order valence-corrected chi connectivity index (χ0v) is 40.8. The highest BCUT2D eigenvalue weighted by molar-refractivity contribution is 8.13. The fraction of sp³-hybridized carbons (Fsp3) is 0.265. The van der Waals surface area contributed by atoms with E-state index >= 15 is 0 Å². The molecule has 0 atom stereocenters. The number of halogens is 3. The van der Waals surface area contributed by atoms with Crippen LogP contribution in [-0.4, -0.2) is 89.8 Å². The van der Waals surface area contributed by atoms with Gasteiger partial charge in [-0.15, -0.1) is 0 Å². The lowest BCUT2D eigenvalue weighted by Gasteiger charge is -2.32. The van der Waals surface area contributed by atoms with Crippen LogP contribution in [0.25, 0.3) is 45.1 Å². The van der Waals surface area contributed by atoms with Crippen LogP contribution in [0.2, 0.25) is 10.0 Å². The third-order valence-electron chi connectivity index (χ3n) is 12.5. The van der Waals surface area contributed by atoms with Crippen LogP contribution in [0.3, 0.4) is 0 Å². The van der Waals surface area contributed by atoms with Gasteiger partial charge in [0, 0.05) is 71.9 Å². The summed E-state index contributed by atoms with van der Waals surface area (Å²) in [5.74, 6) is 3.40. The summed E-state index contributed by atoms with van der Waals surface area (Å²) in [5.41, 5.74) is 6.24. The highest BCUT2D eigenvalue weighted by atomic mass is 35.7. The zero-order chi connectivity index (χ0) is 47.7. The van der Waals surface area contributed by atoms with Crippen LogP contribution in [0, 0.1) is 0 Å². The predicted octanol–water partition coefficient (Wildman–Crippen LogP) is 9.73. The molecule has 20 heteroatoms. The van der Waals surface area contributed by atoms with Gasteiger partial charge < -0.3 is 28.7 Å². The molecule has 1 N–H and O–H groups in total. The third kappa shape index (κ3) is 9.73. The van der Waals surface area contributed by atoms with Crippen molar-refractivity contribution in [1.29, 1.82) is 0 Å². The first kappa shape index (κ1) is 46.9. The van der Waals surface area contributed by atoms with Crippen molar-refractivity contribution in [3.05, 3.63) is 137 Å². The quantitative estimate of drug-likeness (QED) is 0.150. The van der Waals surface area contributed by atoms with Crippen LogP contribution in [-0.2, 0) is 25.5 Å². The van der Waals surface area contributed by atoms with Crippen LogP contribution in [0.5, 0.6) is 17.2 Å². The van der Waals surface area contributed by atoms with Gasteiger partial charge in [-0.1, -0.05) is 47.5 Å². The summed E-state index contributed by atoms with van der Waals surface area (Å²) in [7, 11) is -2.12. The summed E-state index contributed by atoms with van der Waals surface area (Å²) in [5, 5.41) is 4.77. The molecule has 0 aliphatic carbocycles. The van der Waals surface area contributed by atoms with Crippen molar-refractivity contribution >= 4 is 75.3 Å². The highest BCUT2D eigenvalue weighted by Gasteiger charge is 2.33. The van der Waals surface area contributed by atoms with Crippen LogP contribution >= 0.6 is 33.9 Å². The van der Waals surface area contributed by atoms with E-state index in [0.717, 1.165) is 93.8 Å². The van der Waals surface area contributed by atoms with E-state index in [-0.39, 0.29) is 17.7 Å². The fourth-order valence-electron chi connectivity index (χ4n) is 9.12. The van der Waals surface area contributed by atoms with Crippen LogP contribution < -0.4 is 19.5 Å². The second-order valence-corrected chi connectivity index (χ2v) is 22.0. The van der Waals surface area contributed by atoms with E-state index in [1.54, 1.807) is 28.7 Å². The molecule has 69 heavy (non-hydrogen) atoms. The molecule has 0 saturated carbocycles. The smallest absolute Gasteiger partial charge is 0.261 e. The Morgan fingerprint density at radius 2 is 1.14 bits per heavy atom. The molecule has 356 valence electrons. The molecule has 8 aromatic rings. The van der Waals surface area contributed by atoms with Crippen LogP contribution in [0.1, 0.15) is 43.3 Å². The van der Waals surface area contributed by atoms with Gasteiger partial charge in [-0.2, -0.15) is 4.31 Å². The second kappa shape index (κ2) is 19.9. The van der Waals surface area contributed by atoms with Gasteiger partial charge in [0.15, 0.2) is 22.8 Å². The molecular weight excluding hydrogens is 983 g/mol. The number of nitrogens with one attached hydrogen (secondary N) is 1. The van der Waals surface area contributed by atoms with Crippen LogP contribution in [0.15, 0.2) is 131 Å². The Labute approximate surface area is 413 Å². The molecule has 4 aliphatic rings. The Kier molecular flexibility index (Phi) is 13.5. The molecule has 4 aromatic carbocycles. The number of aromatic nitrogens is 6. The predicted molar refractivity (Wildman–Crippen MR) is 265 cm³/mol. The lowest BCUT2D eigenvalue weighted by molar-refractivity contribution is 0.174. The average Bonchev–Trinajstić information content (AvgIpc) is 4.19. The lowest BCUT2D eigenvalue weighted by Crippen LogP contribution is -2.39. The number of fused-ring (bicyclic) bond motifs is 4. The fourth-order valence-corrected chi connectivity index (χ4v) is 11.9. The van der Waals surface area contributed by atoms with Crippen molar-refractivity contribution in [1.82, 2.24) is 38.7 Å². The molecule has 12 rings (SSSR count). The Hall–Kier alpha value is -5.79. The molecule has 2 saturated heterocycles. The van der Waals surface area contributed by atoms with E-state index in [1.807, 2.05) is 79.0 Å². The number of hydrogen-bond acceptors (Lipinski definition) is 12. The maximum Gasteiger partial charge on any atom is 0.261 e. The SMILES string of the molecule is Clc1ccccc1-c1nc2cccnc2n1C1CCNCC1.O=S(=O)(Cl)c1ccc2c(c1)OCO2.O=S(=O)(c1ccc2c(c1)CCO2)N1CCC(n2c(-c3ccccc3Cl)nc3cccnc32)CC1. The standard InChI is InChI=1S/C25H23ClN4O3S.C17H17ClN4.C7H5ClO4S/c26-21-5-2-1-4-20(21)24-28-22-6-3-12-27-25(22)30(24)18-9-13-29(14-10-18)34(31,32)19-7-8-23-17(16-19)11-15-33-23;18-14-5-2-1-4-13(14)16-21-15-6-3-9-20-17(15)22(16)12-7-10-19-11-8-12;8-13(9,10)5-1-2-6-7(3-5)12-4-11-6/h1-8,12,16,18H,9-11,13-15H2;1-6,9,12,19H,7-8,10-11H2;1-3H,4H2. The molecule has 0 spiro atoms. The van der Waals surface area contributed by atoms with Crippen molar-refractivity contribution in [3.8, 4) is 40.0 Å². The number of pyridine rings is 2. The second-order valence-electron chi connectivity index (χ2n) is 16.7. The number of sulfonamides is 1. The normalized spacial score (nSPS) is 16.3. The van der Waals surface area contributed by atoms with Gasteiger partial charge in [0.05, 0.1) is 26.4 Å². The van der Waals surface area contributed by atoms with E-state index < -0.39 is 19.1 Å². The molecule has 8 heterocycles. The summed E-state index contributed by atoms with van der Waals surface area (Å²) in [4.78, 5) is 19.2. The zero-order valence-electron chi connectivity index (χ0n) is 36.9. The number of nitrogens with zero attached hydrogens (tertiary/aromatic N) is 7. The molecule has 4 aromatic heterocycles. The van der Waals surface area contributed by atoms with Crippen molar-refractivity contribution in [3.63, 3.8) is 0 Å². The number of hydrogen-bond donors (Lipinski definition) is 1. The molecule has 4 aliphatic heterocycles. The molecule has 0 bridgehead atoms. The maximum absolute atomic E-state index is 13.4. The monoisotopic (exact) mass is 1030 g/mol. The first-order valence-corrected chi connectivity index (χ1v) is 26.9. The molecule has 15 nitrogen and oxygen atoms in total. The minimum absolute atomic E-state index is 0.0124. The summed E-state index contributed by atoms with van der Waals surface area (Å²) < 4.78 is 70.0. The van der Waals surface area contributed by atoms with Gasteiger partial charge in [0.2, 0.25) is 16.8 Å². The van der Waals surface area contributed by atoms with Crippen LogP contribution in [0.4, 0.5) is 0 Å². The van der Waals surface area contributed by atoms with Gasteiger partial charge in [-0.05, 0) is 123 Å². The molecular formula is C49H45Cl3N8O7S2. The Morgan fingerprint density at radius 3 is 1.74 bits per heavy atom. The first-order chi connectivity index (χ1) is 33.4. The van der Waals surface area contributed by atoms with E-state index in [4.69, 9.17) is 58.1 Å². The van der Waals surface area contributed by atoms with Gasteiger partial charge in [0.1, 0.15) is 28.4 Å². The molecule has 0 unspecified atom stereocenters. The summed E-state index contributed by atoms with van der Waals surface area (Å²) in [6, 6.07) is 33.1. The van der Waals surface area contributed by atoms with E-state index in [1.165, 1.54) is 18.2 Å². The summed E-state index contributed by atoms with van der Waals surface area (Å²) in [6.07, 6.45) is 7.82. The van der Waals surface area contributed by atoms with Gasteiger partial charge in [0.25, 0.3) is 9.05 Å². The Bertz CT molecular complexity index is 3410. The van der Waals surface area contributed by atoms with Crippen molar-refractivity contribution in [2.75, 3.05) is 39.6 Å². The number of imidazole rings is 2. The summed E-state index contributed by atoms with van der Waals surface area (Å²) in [6.45, 7) is 3.62. The Balaban J connectivity index is 0.000000134. The minimum Gasteiger partial charge on any atom is -0.493 e.